The van der Waals surface area contributed by atoms with E-state index in [4.69, 9.17) is 0 Å². The Morgan fingerprint density at radius 3 is 2.59 bits per heavy atom. The molecule has 1 N–H and O–H groups in total. The summed E-state index contributed by atoms with van der Waals surface area (Å²) in [7, 11) is 1.55. The summed E-state index contributed by atoms with van der Waals surface area (Å²) < 4.78 is 4.11. The molecule has 2 heterocycles. The highest BCUT2D eigenvalue weighted by Gasteiger charge is 2.21. The second kappa shape index (κ2) is 6.37. The van der Waals surface area contributed by atoms with Gasteiger partial charge in [-0.1, -0.05) is 12.8 Å². The predicted molar refractivity (Wildman–Crippen MR) is 102 cm³/mol. The predicted octanol–water partition coefficient (Wildman–Crippen LogP) is 1.60. The van der Waals surface area contributed by atoms with Crippen molar-refractivity contribution < 1.29 is 4.79 Å². The molecule has 0 atom stereocenters. The minimum Gasteiger partial charge on any atom is -0.349 e. The molecule has 0 bridgehead atoms. The average Bonchev–Trinajstić information content (AvgIpc) is 3.23. The second-order valence-electron chi connectivity index (χ2n) is 7.50. The number of carbonyl (C=O) groups excluding carboxylic acids is 1. The van der Waals surface area contributed by atoms with Gasteiger partial charge < -0.3 is 5.32 Å². The van der Waals surface area contributed by atoms with Gasteiger partial charge in [-0.05, 0) is 44.9 Å². The highest BCUT2D eigenvalue weighted by molar-refractivity contribution is 5.98. The first-order valence-electron chi connectivity index (χ1n) is 9.33. The van der Waals surface area contributed by atoms with Gasteiger partial charge in [0.15, 0.2) is 0 Å². The zero-order valence-corrected chi connectivity index (χ0v) is 15.7. The molecule has 8 heteroatoms. The van der Waals surface area contributed by atoms with E-state index in [0.29, 0.717) is 16.5 Å². The first-order valence-corrected chi connectivity index (χ1v) is 9.33. The lowest BCUT2D eigenvalue weighted by Gasteiger charge is -2.14. The number of aryl methyl sites for hydroxylation is 1. The molecule has 1 aliphatic rings. The van der Waals surface area contributed by atoms with Crippen molar-refractivity contribution in [1.82, 2.24) is 24.1 Å². The number of rotatable bonds is 3. The number of carbonyl (C=O) groups is 1. The van der Waals surface area contributed by atoms with Crippen molar-refractivity contribution in [2.45, 2.75) is 51.6 Å². The Hall–Kier alpha value is -2.90. The Morgan fingerprint density at radius 1 is 1.22 bits per heavy atom. The first kappa shape index (κ1) is 17.5. The van der Waals surface area contributed by atoms with Crippen LogP contribution in [-0.4, -0.2) is 30.7 Å². The fourth-order valence-electron chi connectivity index (χ4n) is 3.88. The van der Waals surface area contributed by atoms with Crippen LogP contribution in [0, 0.1) is 0 Å². The van der Waals surface area contributed by atoms with Crippen molar-refractivity contribution in [3.8, 4) is 0 Å². The lowest BCUT2D eigenvalue weighted by Crippen LogP contribution is -2.33. The number of aromatic nitrogens is 4. The topological polar surface area (TPSA) is 90.4 Å². The van der Waals surface area contributed by atoms with Gasteiger partial charge in [0.2, 0.25) is 5.78 Å². The van der Waals surface area contributed by atoms with Gasteiger partial charge in [0.05, 0.1) is 10.9 Å². The quantitative estimate of drug-likeness (QED) is 0.759. The zero-order chi connectivity index (χ0) is 19.3. The molecule has 0 unspecified atom stereocenters. The molecule has 0 radical (unpaired) electrons. The molecule has 3 aromatic rings. The van der Waals surface area contributed by atoms with Gasteiger partial charge in [0.25, 0.3) is 11.5 Å². The number of benzene rings is 1. The highest BCUT2D eigenvalue weighted by Crippen LogP contribution is 2.20. The minimum atomic E-state index is -0.349. The van der Waals surface area contributed by atoms with Crippen LogP contribution in [0.25, 0.3) is 16.7 Å². The number of hydrogen-bond donors (Lipinski definition) is 1. The van der Waals surface area contributed by atoms with Crippen molar-refractivity contribution in [1.29, 1.82) is 0 Å². The van der Waals surface area contributed by atoms with Gasteiger partial charge in [-0.25, -0.2) is 13.9 Å². The van der Waals surface area contributed by atoms with Gasteiger partial charge in [0, 0.05) is 24.7 Å². The number of amides is 1. The standard InChI is InChI=1S/C19H23N5O3/c1-11(2)23-17(26)14-9-8-12(16(25)20-13-6-4-5-7-13)10-15(14)24-18(23)21-22(3)19(24)27/h8-11,13H,4-7H2,1-3H3,(H,20,25). The smallest absolute Gasteiger partial charge is 0.349 e. The average molecular weight is 369 g/mol. The third kappa shape index (κ3) is 2.75. The Bertz CT molecular complexity index is 1160. The molecule has 1 aliphatic carbocycles. The van der Waals surface area contributed by atoms with Crippen molar-refractivity contribution >= 4 is 22.6 Å². The summed E-state index contributed by atoms with van der Waals surface area (Å²) in [6.07, 6.45) is 4.24. The third-order valence-corrected chi connectivity index (χ3v) is 5.28. The summed E-state index contributed by atoms with van der Waals surface area (Å²) >= 11 is 0. The highest BCUT2D eigenvalue weighted by atomic mass is 16.2. The third-order valence-electron chi connectivity index (χ3n) is 5.28. The molecule has 1 fully saturated rings. The fraction of sp³-hybridized carbons (Fsp3) is 0.474. The van der Waals surface area contributed by atoms with E-state index in [-0.39, 0.29) is 35.0 Å². The van der Waals surface area contributed by atoms with E-state index in [0.717, 1.165) is 25.7 Å². The maximum atomic E-state index is 13.0. The van der Waals surface area contributed by atoms with Crippen LogP contribution >= 0.6 is 0 Å². The van der Waals surface area contributed by atoms with Crippen LogP contribution in [0.5, 0.6) is 0 Å². The summed E-state index contributed by atoms with van der Waals surface area (Å²) in [4.78, 5) is 38.2. The molecule has 27 heavy (non-hydrogen) atoms. The molecule has 142 valence electrons. The lowest BCUT2D eigenvalue weighted by atomic mass is 10.1. The monoisotopic (exact) mass is 369 g/mol. The summed E-state index contributed by atoms with van der Waals surface area (Å²) in [5.74, 6) is 0.102. The van der Waals surface area contributed by atoms with E-state index in [1.54, 1.807) is 25.2 Å². The van der Waals surface area contributed by atoms with Gasteiger partial charge in [0.1, 0.15) is 0 Å². The summed E-state index contributed by atoms with van der Waals surface area (Å²) in [6.45, 7) is 3.74. The van der Waals surface area contributed by atoms with Crippen LogP contribution in [0.1, 0.15) is 55.9 Å². The first-order chi connectivity index (χ1) is 12.9. The van der Waals surface area contributed by atoms with Crippen LogP contribution in [0.2, 0.25) is 0 Å². The Morgan fingerprint density at radius 2 is 1.93 bits per heavy atom. The fourth-order valence-corrected chi connectivity index (χ4v) is 3.88. The molecule has 0 saturated heterocycles. The molecule has 2 aromatic heterocycles. The van der Waals surface area contributed by atoms with E-state index in [1.165, 1.54) is 13.6 Å². The normalized spacial score (nSPS) is 15.3. The number of nitrogens with one attached hydrogen (secondary N) is 1. The molecule has 8 nitrogen and oxygen atoms in total. The zero-order valence-electron chi connectivity index (χ0n) is 15.7. The molecule has 1 saturated carbocycles. The number of fused-ring (bicyclic) bond motifs is 3. The summed E-state index contributed by atoms with van der Waals surface area (Å²) in [5.41, 5.74) is 0.274. The Balaban J connectivity index is 1.94. The summed E-state index contributed by atoms with van der Waals surface area (Å²) in [6, 6.07) is 4.92. The lowest BCUT2D eigenvalue weighted by molar-refractivity contribution is 0.0938. The Kier molecular flexibility index (Phi) is 4.13. The SMILES string of the molecule is CC(C)n1c(=O)c2ccc(C(=O)NC3CCCC3)cc2n2c(=O)n(C)nc12. The molecule has 0 aliphatic heterocycles. The molecule has 1 amide bonds. The van der Waals surface area contributed by atoms with Crippen LogP contribution < -0.4 is 16.6 Å². The van der Waals surface area contributed by atoms with Crippen LogP contribution in [0.15, 0.2) is 27.8 Å². The Labute approximate surface area is 155 Å². The van der Waals surface area contributed by atoms with Crippen molar-refractivity contribution in [3.05, 3.63) is 44.6 Å². The largest absolute Gasteiger partial charge is 0.351 e. The van der Waals surface area contributed by atoms with Crippen molar-refractivity contribution in [3.63, 3.8) is 0 Å². The maximum absolute atomic E-state index is 13.0. The number of nitrogens with zero attached hydrogens (tertiary/aromatic N) is 4. The molecule has 1 aromatic carbocycles. The number of hydrogen-bond acceptors (Lipinski definition) is 4. The molecule has 4 rings (SSSR count). The van der Waals surface area contributed by atoms with Crippen LogP contribution in [-0.2, 0) is 7.05 Å². The molecular weight excluding hydrogens is 346 g/mol. The van der Waals surface area contributed by atoms with Crippen molar-refractivity contribution in [2.24, 2.45) is 7.05 Å². The van der Waals surface area contributed by atoms with E-state index in [1.807, 2.05) is 13.8 Å². The van der Waals surface area contributed by atoms with Crippen molar-refractivity contribution in [2.75, 3.05) is 0 Å². The van der Waals surface area contributed by atoms with Gasteiger partial charge >= 0.3 is 5.69 Å². The molecule has 0 spiro atoms. The van der Waals surface area contributed by atoms with E-state index >= 15 is 0 Å². The van der Waals surface area contributed by atoms with E-state index in [9.17, 15) is 14.4 Å². The van der Waals surface area contributed by atoms with Gasteiger partial charge in [-0.2, -0.15) is 0 Å². The maximum Gasteiger partial charge on any atom is 0.351 e. The van der Waals surface area contributed by atoms with Gasteiger partial charge in [-0.3, -0.25) is 14.2 Å². The van der Waals surface area contributed by atoms with Crippen LogP contribution in [0.3, 0.4) is 0 Å². The van der Waals surface area contributed by atoms with Gasteiger partial charge in [-0.15, -0.1) is 5.10 Å². The molecular formula is C19H23N5O3. The summed E-state index contributed by atoms with van der Waals surface area (Å²) in [5, 5.41) is 7.67. The van der Waals surface area contributed by atoms with Crippen LogP contribution in [0.4, 0.5) is 0 Å². The minimum absolute atomic E-state index is 0.156. The van der Waals surface area contributed by atoms with E-state index < -0.39 is 0 Å². The second-order valence-corrected chi connectivity index (χ2v) is 7.50. The van der Waals surface area contributed by atoms with E-state index in [2.05, 4.69) is 10.4 Å².